The predicted molar refractivity (Wildman–Crippen MR) is 107 cm³/mol. The van der Waals surface area contributed by atoms with Crippen LogP contribution in [-0.4, -0.2) is 26.9 Å². The number of aryl methyl sites for hydroxylation is 3. The standard InChI is InChI=1S/C22H33N3O/c1-15(2)12-25(22(26)16(3)4)14-21-23-8-9-24(21)13-20-18(6)10-17(5)11-19(20)7/h8-11,15-16H,12-14H2,1-7H3. The first-order chi connectivity index (χ1) is 12.2. The second-order valence-corrected chi connectivity index (χ2v) is 8.12. The fourth-order valence-corrected chi connectivity index (χ4v) is 3.47. The third-order valence-electron chi connectivity index (χ3n) is 4.69. The first-order valence-corrected chi connectivity index (χ1v) is 9.54. The summed E-state index contributed by atoms with van der Waals surface area (Å²) in [6.07, 6.45) is 3.85. The van der Waals surface area contributed by atoms with E-state index in [1.807, 2.05) is 31.1 Å². The Bertz CT molecular complexity index is 735. The smallest absolute Gasteiger partial charge is 0.225 e. The first kappa shape index (κ1) is 20.2. The number of amides is 1. The van der Waals surface area contributed by atoms with Gasteiger partial charge in [-0.2, -0.15) is 0 Å². The van der Waals surface area contributed by atoms with E-state index in [9.17, 15) is 4.79 Å². The average Bonchev–Trinajstić information content (AvgIpc) is 2.95. The minimum absolute atomic E-state index is 0.00116. The fraction of sp³-hybridized carbons (Fsp3) is 0.545. The molecule has 0 bridgehead atoms. The third kappa shape index (κ3) is 4.96. The van der Waals surface area contributed by atoms with Crippen molar-refractivity contribution in [3.05, 3.63) is 52.6 Å². The predicted octanol–water partition coefficient (Wildman–Crippen LogP) is 4.50. The van der Waals surface area contributed by atoms with E-state index >= 15 is 0 Å². The van der Waals surface area contributed by atoms with E-state index in [2.05, 4.69) is 56.3 Å². The number of hydrogen-bond donors (Lipinski definition) is 0. The molecule has 0 unspecified atom stereocenters. The van der Waals surface area contributed by atoms with Crippen LogP contribution in [0.5, 0.6) is 0 Å². The van der Waals surface area contributed by atoms with Crippen molar-refractivity contribution in [2.24, 2.45) is 11.8 Å². The highest BCUT2D eigenvalue weighted by Crippen LogP contribution is 2.19. The topological polar surface area (TPSA) is 38.1 Å². The molecule has 0 aliphatic heterocycles. The van der Waals surface area contributed by atoms with Crippen molar-refractivity contribution in [2.45, 2.75) is 61.6 Å². The Hall–Kier alpha value is -2.10. The van der Waals surface area contributed by atoms with Gasteiger partial charge < -0.3 is 9.47 Å². The maximum absolute atomic E-state index is 12.6. The van der Waals surface area contributed by atoms with Gasteiger partial charge in [0, 0.05) is 31.4 Å². The second-order valence-electron chi connectivity index (χ2n) is 8.12. The molecule has 2 rings (SSSR count). The summed E-state index contributed by atoms with van der Waals surface area (Å²) >= 11 is 0. The average molecular weight is 356 g/mol. The monoisotopic (exact) mass is 355 g/mol. The summed E-state index contributed by atoms with van der Waals surface area (Å²) < 4.78 is 2.17. The lowest BCUT2D eigenvalue weighted by atomic mass is 10.00. The number of carbonyl (C=O) groups excluding carboxylic acids is 1. The largest absolute Gasteiger partial charge is 0.335 e. The molecule has 0 aliphatic rings. The number of hydrogen-bond acceptors (Lipinski definition) is 2. The SMILES string of the molecule is Cc1cc(C)c(Cn2ccnc2CN(CC(C)C)C(=O)C(C)C)c(C)c1. The van der Waals surface area contributed by atoms with Gasteiger partial charge in [-0.15, -0.1) is 0 Å². The van der Waals surface area contributed by atoms with Gasteiger partial charge in [-0.1, -0.05) is 45.4 Å². The van der Waals surface area contributed by atoms with E-state index in [-0.39, 0.29) is 11.8 Å². The second kappa shape index (κ2) is 8.52. The Morgan fingerprint density at radius 3 is 2.27 bits per heavy atom. The van der Waals surface area contributed by atoms with Gasteiger partial charge in [-0.3, -0.25) is 4.79 Å². The summed E-state index contributed by atoms with van der Waals surface area (Å²) in [5.74, 6) is 1.57. The summed E-state index contributed by atoms with van der Waals surface area (Å²) in [4.78, 5) is 19.1. The molecule has 1 amide bonds. The molecule has 26 heavy (non-hydrogen) atoms. The minimum atomic E-state index is -0.00116. The van der Waals surface area contributed by atoms with Gasteiger partial charge in [-0.05, 0) is 43.4 Å². The Kier molecular flexibility index (Phi) is 6.63. The molecule has 2 aromatic rings. The maximum Gasteiger partial charge on any atom is 0.225 e. The van der Waals surface area contributed by atoms with Gasteiger partial charge >= 0.3 is 0 Å². The van der Waals surface area contributed by atoms with Crippen LogP contribution in [0.1, 0.15) is 55.8 Å². The lowest BCUT2D eigenvalue weighted by Gasteiger charge is -2.26. The molecule has 0 saturated carbocycles. The van der Waals surface area contributed by atoms with Gasteiger partial charge in [0.1, 0.15) is 5.82 Å². The molecule has 1 aromatic heterocycles. The van der Waals surface area contributed by atoms with Crippen LogP contribution < -0.4 is 0 Å². The number of benzene rings is 1. The summed E-state index contributed by atoms with van der Waals surface area (Å²) in [6, 6.07) is 4.46. The quantitative estimate of drug-likeness (QED) is 0.733. The van der Waals surface area contributed by atoms with Crippen LogP contribution in [-0.2, 0) is 17.9 Å². The normalized spacial score (nSPS) is 11.4. The maximum atomic E-state index is 12.6. The fourth-order valence-electron chi connectivity index (χ4n) is 3.47. The summed E-state index contributed by atoms with van der Waals surface area (Å²) in [5, 5.41) is 0. The molecule has 1 heterocycles. The highest BCUT2D eigenvalue weighted by Gasteiger charge is 2.20. The highest BCUT2D eigenvalue weighted by molar-refractivity contribution is 5.78. The molecule has 0 N–H and O–H groups in total. The van der Waals surface area contributed by atoms with Crippen LogP contribution >= 0.6 is 0 Å². The van der Waals surface area contributed by atoms with Crippen LogP contribution in [0.3, 0.4) is 0 Å². The third-order valence-corrected chi connectivity index (χ3v) is 4.69. The van der Waals surface area contributed by atoms with Crippen LogP contribution in [0.4, 0.5) is 0 Å². The lowest BCUT2D eigenvalue weighted by Crippen LogP contribution is -2.37. The highest BCUT2D eigenvalue weighted by atomic mass is 16.2. The van der Waals surface area contributed by atoms with Crippen LogP contribution in [0, 0.1) is 32.6 Å². The van der Waals surface area contributed by atoms with Crippen molar-refractivity contribution in [3.63, 3.8) is 0 Å². The molecular formula is C22H33N3O. The van der Waals surface area contributed by atoms with E-state index in [0.29, 0.717) is 12.5 Å². The Balaban J connectivity index is 2.25. The van der Waals surface area contributed by atoms with Crippen molar-refractivity contribution in [1.82, 2.24) is 14.5 Å². The van der Waals surface area contributed by atoms with E-state index in [1.54, 1.807) is 0 Å². The summed E-state index contributed by atoms with van der Waals surface area (Å²) in [7, 11) is 0. The zero-order valence-electron chi connectivity index (χ0n) is 17.3. The molecule has 0 aliphatic carbocycles. The molecular weight excluding hydrogens is 322 g/mol. The molecule has 4 nitrogen and oxygen atoms in total. The zero-order valence-corrected chi connectivity index (χ0v) is 17.3. The number of aromatic nitrogens is 2. The van der Waals surface area contributed by atoms with Crippen molar-refractivity contribution >= 4 is 5.91 Å². The molecule has 142 valence electrons. The van der Waals surface area contributed by atoms with E-state index in [4.69, 9.17) is 0 Å². The van der Waals surface area contributed by atoms with Crippen LogP contribution in [0.15, 0.2) is 24.5 Å². The number of rotatable bonds is 7. The van der Waals surface area contributed by atoms with Crippen molar-refractivity contribution in [2.75, 3.05) is 6.54 Å². The Morgan fingerprint density at radius 1 is 1.12 bits per heavy atom. The first-order valence-electron chi connectivity index (χ1n) is 9.54. The lowest BCUT2D eigenvalue weighted by molar-refractivity contribution is -0.135. The summed E-state index contributed by atoms with van der Waals surface area (Å²) in [6.45, 7) is 16.8. The van der Waals surface area contributed by atoms with E-state index < -0.39 is 0 Å². The van der Waals surface area contributed by atoms with Crippen LogP contribution in [0.2, 0.25) is 0 Å². The van der Waals surface area contributed by atoms with Gasteiger partial charge in [0.25, 0.3) is 0 Å². The molecule has 0 saturated heterocycles. The molecule has 0 radical (unpaired) electrons. The minimum Gasteiger partial charge on any atom is -0.335 e. The number of nitrogens with zero attached hydrogens (tertiary/aromatic N) is 3. The number of imidazole rings is 1. The zero-order chi connectivity index (χ0) is 19.4. The van der Waals surface area contributed by atoms with Gasteiger partial charge in [0.2, 0.25) is 5.91 Å². The van der Waals surface area contributed by atoms with Gasteiger partial charge in [0.05, 0.1) is 6.54 Å². The number of carbonyl (C=O) groups is 1. The van der Waals surface area contributed by atoms with E-state index in [0.717, 1.165) is 18.9 Å². The van der Waals surface area contributed by atoms with Crippen molar-refractivity contribution < 1.29 is 4.79 Å². The van der Waals surface area contributed by atoms with Gasteiger partial charge in [-0.25, -0.2) is 4.98 Å². The Morgan fingerprint density at radius 2 is 1.73 bits per heavy atom. The van der Waals surface area contributed by atoms with Crippen LogP contribution in [0.25, 0.3) is 0 Å². The molecule has 0 spiro atoms. The molecule has 1 aromatic carbocycles. The van der Waals surface area contributed by atoms with Crippen molar-refractivity contribution in [1.29, 1.82) is 0 Å². The van der Waals surface area contributed by atoms with E-state index in [1.165, 1.54) is 22.3 Å². The summed E-state index contributed by atoms with van der Waals surface area (Å²) in [5.41, 5.74) is 5.24. The Labute approximate surface area is 158 Å². The molecule has 0 atom stereocenters. The van der Waals surface area contributed by atoms with Crippen molar-refractivity contribution in [3.8, 4) is 0 Å². The molecule has 4 heteroatoms. The van der Waals surface area contributed by atoms with Gasteiger partial charge in [0.15, 0.2) is 0 Å². The molecule has 0 fully saturated rings.